The van der Waals surface area contributed by atoms with Crippen LogP contribution in [0.25, 0.3) is 11.4 Å². The Kier molecular flexibility index (Phi) is 6.62. The fourth-order valence-corrected chi connectivity index (χ4v) is 4.12. The fourth-order valence-electron chi connectivity index (χ4n) is 4.12. The van der Waals surface area contributed by atoms with Crippen LogP contribution in [-0.4, -0.2) is 40.1 Å². The SMILES string of the molecule is CCOc1cc(CN2CCCC[C@@H]2c2cc(=O)[nH]c(-c3cccnc3)n2)ccc1OC. The summed E-state index contributed by atoms with van der Waals surface area (Å²) in [4.78, 5) is 26.6. The van der Waals surface area contributed by atoms with Crippen molar-refractivity contribution in [2.24, 2.45) is 0 Å². The molecule has 1 saturated heterocycles. The summed E-state index contributed by atoms with van der Waals surface area (Å²) in [7, 11) is 1.65. The molecule has 0 unspecified atom stereocenters. The van der Waals surface area contributed by atoms with Crippen LogP contribution < -0.4 is 15.0 Å². The van der Waals surface area contributed by atoms with Gasteiger partial charge in [0, 0.05) is 30.6 Å². The minimum Gasteiger partial charge on any atom is -0.493 e. The van der Waals surface area contributed by atoms with Gasteiger partial charge in [0.15, 0.2) is 11.5 Å². The highest BCUT2D eigenvalue weighted by molar-refractivity contribution is 5.52. The van der Waals surface area contributed by atoms with Crippen LogP contribution in [0.5, 0.6) is 11.5 Å². The van der Waals surface area contributed by atoms with Crippen LogP contribution in [0, 0.1) is 0 Å². The number of pyridine rings is 1. The molecule has 4 rings (SSSR count). The molecule has 0 saturated carbocycles. The van der Waals surface area contributed by atoms with E-state index in [1.165, 1.54) is 0 Å². The number of H-pyrrole nitrogens is 1. The quantitative estimate of drug-likeness (QED) is 0.623. The third-order valence-corrected chi connectivity index (χ3v) is 5.57. The molecule has 3 aromatic rings. The molecular formula is C24H28N4O3. The lowest BCUT2D eigenvalue weighted by Crippen LogP contribution is -2.34. The Morgan fingerprint density at radius 1 is 1.19 bits per heavy atom. The van der Waals surface area contributed by atoms with Crippen molar-refractivity contribution < 1.29 is 9.47 Å². The van der Waals surface area contributed by atoms with Gasteiger partial charge in [-0.3, -0.25) is 14.7 Å². The van der Waals surface area contributed by atoms with Gasteiger partial charge in [0.1, 0.15) is 5.82 Å². The first-order valence-corrected chi connectivity index (χ1v) is 10.7. The predicted octanol–water partition coefficient (Wildman–Crippen LogP) is 3.97. The van der Waals surface area contributed by atoms with Crippen molar-refractivity contribution in [3.05, 3.63) is 70.4 Å². The normalized spacial score (nSPS) is 16.8. The average Bonchev–Trinajstić information content (AvgIpc) is 2.80. The summed E-state index contributed by atoms with van der Waals surface area (Å²) in [5, 5.41) is 0. The number of hydrogen-bond donors (Lipinski definition) is 1. The molecule has 1 aliphatic rings. The smallest absolute Gasteiger partial charge is 0.251 e. The van der Waals surface area contributed by atoms with Gasteiger partial charge in [-0.05, 0) is 56.1 Å². The Morgan fingerprint density at radius 2 is 2.10 bits per heavy atom. The highest BCUT2D eigenvalue weighted by Crippen LogP contribution is 2.33. The Balaban J connectivity index is 1.62. The van der Waals surface area contributed by atoms with Gasteiger partial charge in [-0.25, -0.2) is 4.98 Å². The van der Waals surface area contributed by atoms with Gasteiger partial charge in [0.05, 0.1) is 25.5 Å². The van der Waals surface area contributed by atoms with Gasteiger partial charge in [-0.1, -0.05) is 12.5 Å². The Labute approximate surface area is 182 Å². The number of hydrogen-bond acceptors (Lipinski definition) is 6. The molecule has 2 aromatic heterocycles. The summed E-state index contributed by atoms with van der Waals surface area (Å²) in [5.74, 6) is 2.05. The standard InChI is InChI=1S/C24H28N4O3/c1-3-31-22-13-17(9-10-21(22)30-2)16-28-12-5-4-8-20(28)19-14-23(29)27-24(26-19)18-7-6-11-25-15-18/h6-7,9-11,13-15,20H,3-5,8,12,16H2,1-2H3,(H,26,27,29)/t20-/m1/s1. The van der Waals surface area contributed by atoms with Gasteiger partial charge in [-0.2, -0.15) is 0 Å². The minimum atomic E-state index is -0.141. The number of benzene rings is 1. The second-order valence-electron chi connectivity index (χ2n) is 7.66. The van der Waals surface area contributed by atoms with Crippen molar-refractivity contribution in [1.82, 2.24) is 19.9 Å². The number of methoxy groups -OCH3 is 1. The van der Waals surface area contributed by atoms with Crippen LogP contribution in [0.1, 0.15) is 43.5 Å². The lowest BCUT2D eigenvalue weighted by Gasteiger charge is -2.35. The van der Waals surface area contributed by atoms with E-state index >= 15 is 0 Å². The van der Waals surface area contributed by atoms with Crippen LogP contribution in [0.3, 0.4) is 0 Å². The maximum atomic E-state index is 12.4. The Morgan fingerprint density at radius 3 is 2.87 bits per heavy atom. The molecule has 3 heterocycles. The van der Waals surface area contributed by atoms with Crippen LogP contribution in [0.4, 0.5) is 0 Å². The zero-order valence-electron chi connectivity index (χ0n) is 18.0. The molecule has 162 valence electrons. The molecule has 7 heteroatoms. The van der Waals surface area contributed by atoms with Gasteiger partial charge < -0.3 is 14.5 Å². The van der Waals surface area contributed by atoms with Crippen molar-refractivity contribution in [2.75, 3.05) is 20.3 Å². The van der Waals surface area contributed by atoms with E-state index in [1.807, 2.05) is 31.2 Å². The summed E-state index contributed by atoms with van der Waals surface area (Å²) >= 11 is 0. The fraction of sp³-hybridized carbons (Fsp3) is 0.375. The van der Waals surface area contributed by atoms with Crippen molar-refractivity contribution in [3.63, 3.8) is 0 Å². The number of nitrogens with zero attached hydrogens (tertiary/aromatic N) is 3. The summed E-state index contributed by atoms with van der Waals surface area (Å²) in [6.45, 7) is 4.26. The highest BCUT2D eigenvalue weighted by Gasteiger charge is 2.26. The first-order valence-electron chi connectivity index (χ1n) is 10.7. The molecular weight excluding hydrogens is 392 g/mol. The molecule has 0 spiro atoms. The van der Waals surface area contributed by atoms with Gasteiger partial charge >= 0.3 is 0 Å². The van der Waals surface area contributed by atoms with Crippen LogP contribution in [0.15, 0.2) is 53.6 Å². The Bertz CT molecular complexity index is 1070. The molecule has 1 N–H and O–H groups in total. The van der Waals surface area contributed by atoms with E-state index in [0.717, 1.165) is 60.7 Å². The number of piperidine rings is 1. The molecule has 1 aliphatic heterocycles. The average molecular weight is 421 g/mol. The van der Waals surface area contributed by atoms with Crippen molar-refractivity contribution in [3.8, 4) is 22.9 Å². The summed E-state index contributed by atoms with van der Waals surface area (Å²) < 4.78 is 11.2. The zero-order valence-corrected chi connectivity index (χ0v) is 18.0. The molecule has 0 radical (unpaired) electrons. The van der Waals surface area contributed by atoms with Crippen molar-refractivity contribution in [1.29, 1.82) is 0 Å². The highest BCUT2D eigenvalue weighted by atomic mass is 16.5. The summed E-state index contributed by atoms with van der Waals surface area (Å²) in [5.41, 5.74) is 2.62. The van der Waals surface area contributed by atoms with Crippen molar-refractivity contribution >= 4 is 0 Å². The van der Waals surface area contributed by atoms with Crippen LogP contribution in [0.2, 0.25) is 0 Å². The summed E-state index contributed by atoms with van der Waals surface area (Å²) in [6, 6.07) is 11.5. The van der Waals surface area contributed by atoms with Gasteiger partial charge in [0.25, 0.3) is 5.56 Å². The minimum absolute atomic E-state index is 0.0871. The molecule has 7 nitrogen and oxygen atoms in total. The van der Waals surface area contributed by atoms with E-state index in [9.17, 15) is 4.79 Å². The lowest BCUT2D eigenvalue weighted by atomic mass is 9.98. The molecule has 1 aromatic carbocycles. The number of rotatable bonds is 7. The zero-order chi connectivity index (χ0) is 21.6. The molecule has 0 aliphatic carbocycles. The number of aromatic nitrogens is 3. The first kappa shape index (κ1) is 21.1. The van der Waals surface area contributed by atoms with E-state index in [0.29, 0.717) is 12.4 Å². The van der Waals surface area contributed by atoms with Crippen LogP contribution >= 0.6 is 0 Å². The third kappa shape index (κ3) is 4.94. The molecule has 1 atom stereocenters. The second-order valence-corrected chi connectivity index (χ2v) is 7.66. The monoisotopic (exact) mass is 420 g/mol. The third-order valence-electron chi connectivity index (χ3n) is 5.57. The van der Waals surface area contributed by atoms with Gasteiger partial charge in [0.2, 0.25) is 0 Å². The molecule has 0 bridgehead atoms. The number of ether oxygens (including phenoxy) is 2. The molecule has 31 heavy (non-hydrogen) atoms. The predicted molar refractivity (Wildman–Crippen MR) is 119 cm³/mol. The van der Waals surface area contributed by atoms with E-state index in [2.05, 4.69) is 20.9 Å². The maximum absolute atomic E-state index is 12.4. The summed E-state index contributed by atoms with van der Waals surface area (Å²) in [6.07, 6.45) is 6.64. The van der Waals surface area contributed by atoms with E-state index in [1.54, 1.807) is 25.6 Å². The lowest BCUT2D eigenvalue weighted by molar-refractivity contribution is 0.137. The van der Waals surface area contributed by atoms with Crippen molar-refractivity contribution in [2.45, 2.75) is 38.8 Å². The second kappa shape index (κ2) is 9.75. The van der Waals surface area contributed by atoms with E-state index in [4.69, 9.17) is 14.5 Å². The Hall–Kier alpha value is -3.19. The topological polar surface area (TPSA) is 80.3 Å². The molecule has 1 fully saturated rings. The maximum Gasteiger partial charge on any atom is 0.251 e. The van der Waals surface area contributed by atoms with E-state index in [-0.39, 0.29) is 11.6 Å². The molecule has 0 amide bonds. The number of likely N-dealkylation sites (tertiary alicyclic amines) is 1. The number of nitrogens with one attached hydrogen (secondary N) is 1. The number of aromatic amines is 1. The van der Waals surface area contributed by atoms with Gasteiger partial charge in [-0.15, -0.1) is 0 Å². The van der Waals surface area contributed by atoms with Crippen LogP contribution in [-0.2, 0) is 6.54 Å². The van der Waals surface area contributed by atoms with E-state index < -0.39 is 0 Å². The largest absolute Gasteiger partial charge is 0.493 e. The first-order chi connectivity index (χ1) is 15.2.